The van der Waals surface area contributed by atoms with Crippen molar-refractivity contribution in [3.63, 3.8) is 0 Å². The van der Waals surface area contributed by atoms with Crippen molar-refractivity contribution in [2.24, 2.45) is 0 Å². The largest absolute Gasteiger partial charge is 0.310 e. The molecule has 2 heteroatoms. The number of hydrogen-bond acceptors (Lipinski definition) is 1. The van der Waals surface area contributed by atoms with Crippen LogP contribution in [0.2, 0.25) is 0 Å². The molecule has 0 aliphatic heterocycles. The molecule has 244 valence electrons. The summed E-state index contributed by atoms with van der Waals surface area (Å²) in [7, 11) is 0. The Bertz CT molecular complexity index is 2890. The molecule has 0 saturated carbocycles. The molecule has 10 rings (SSSR count). The Morgan fingerprint density at radius 2 is 0.731 bits per heavy atom. The van der Waals surface area contributed by atoms with Crippen molar-refractivity contribution in [2.75, 3.05) is 4.90 Å². The van der Waals surface area contributed by atoms with Gasteiger partial charge < -0.3 is 9.47 Å². The third-order valence-electron chi connectivity index (χ3n) is 10.3. The van der Waals surface area contributed by atoms with Crippen LogP contribution in [0.1, 0.15) is 0 Å². The van der Waals surface area contributed by atoms with E-state index in [-0.39, 0.29) is 0 Å². The van der Waals surface area contributed by atoms with E-state index in [4.69, 9.17) is 0 Å². The molecule has 0 saturated heterocycles. The van der Waals surface area contributed by atoms with E-state index >= 15 is 0 Å². The average molecular weight is 663 g/mol. The van der Waals surface area contributed by atoms with Crippen LogP contribution in [-0.2, 0) is 0 Å². The van der Waals surface area contributed by atoms with Crippen LogP contribution in [0.25, 0.3) is 71.3 Å². The fraction of sp³-hybridized carbons (Fsp3) is 0. The van der Waals surface area contributed by atoms with Crippen LogP contribution in [0.5, 0.6) is 0 Å². The number of para-hydroxylation sites is 2. The predicted molar refractivity (Wildman–Crippen MR) is 221 cm³/mol. The molecule has 0 atom stereocenters. The van der Waals surface area contributed by atoms with Gasteiger partial charge in [0.2, 0.25) is 0 Å². The molecule has 0 spiro atoms. The second kappa shape index (κ2) is 12.5. The van der Waals surface area contributed by atoms with Crippen molar-refractivity contribution in [3.05, 3.63) is 206 Å². The Labute approximate surface area is 303 Å². The van der Waals surface area contributed by atoms with E-state index in [1.54, 1.807) is 0 Å². The first-order valence-corrected chi connectivity index (χ1v) is 17.8. The summed E-state index contributed by atoms with van der Waals surface area (Å²) in [6.45, 7) is 0. The number of aromatic nitrogens is 1. The number of nitrogens with zero attached hydrogens (tertiary/aromatic N) is 2. The van der Waals surface area contributed by atoms with Crippen molar-refractivity contribution in [2.45, 2.75) is 0 Å². The Kier molecular flexibility index (Phi) is 7.18. The van der Waals surface area contributed by atoms with Crippen molar-refractivity contribution in [3.8, 4) is 27.9 Å². The summed E-state index contributed by atoms with van der Waals surface area (Å²) in [5.41, 5.74) is 11.7. The first-order valence-electron chi connectivity index (χ1n) is 17.8. The molecule has 0 N–H and O–H groups in total. The third-order valence-corrected chi connectivity index (χ3v) is 10.3. The van der Waals surface area contributed by atoms with E-state index in [2.05, 4.69) is 216 Å². The minimum absolute atomic E-state index is 1.10. The van der Waals surface area contributed by atoms with Gasteiger partial charge in [0.25, 0.3) is 0 Å². The van der Waals surface area contributed by atoms with Gasteiger partial charge in [-0.2, -0.15) is 0 Å². The van der Waals surface area contributed by atoms with Gasteiger partial charge in [0.15, 0.2) is 0 Å². The fourth-order valence-electron chi connectivity index (χ4n) is 7.75. The van der Waals surface area contributed by atoms with Crippen LogP contribution in [0, 0.1) is 0 Å². The molecule has 52 heavy (non-hydrogen) atoms. The summed E-state index contributed by atoms with van der Waals surface area (Å²) in [5.74, 6) is 0. The van der Waals surface area contributed by atoms with Crippen LogP contribution in [0.3, 0.4) is 0 Å². The van der Waals surface area contributed by atoms with E-state index in [0.717, 1.165) is 22.7 Å². The first-order chi connectivity index (χ1) is 25.8. The summed E-state index contributed by atoms with van der Waals surface area (Å²) in [4.78, 5) is 2.36. The Morgan fingerprint density at radius 3 is 1.38 bits per heavy atom. The molecule has 0 amide bonds. The number of rotatable bonds is 6. The van der Waals surface area contributed by atoms with Crippen molar-refractivity contribution >= 4 is 60.4 Å². The Morgan fingerprint density at radius 1 is 0.288 bits per heavy atom. The van der Waals surface area contributed by atoms with E-state index < -0.39 is 0 Å². The van der Waals surface area contributed by atoms with Crippen LogP contribution in [0.15, 0.2) is 206 Å². The molecule has 0 unspecified atom stereocenters. The third kappa shape index (κ3) is 5.21. The lowest BCUT2D eigenvalue weighted by molar-refractivity contribution is 1.18. The maximum absolute atomic E-state index is 2.42. The molecule has 0 aliphatic carbocycles. The van der Waals surface area contributed by atoms with E-state index in [1.165, 1.54) is 65.6 Å². The van der Waals surface area contributed by atoms with Crippen LogP contribution in [-0.4, -0.2) is 4.57 Å². The summed E-state index contributed by atoms with van der Waals surface area (Å²) in [5, 5.41) is 7.48. The molecular weight excluding hydrogens is 629 g/mol. The summed E-state index contributed by atoms with van der Waals surface area (Å²) in [6.07, 6.45) is 0. The summed E-state index contributed by atoms with van der Waals surface area (Å²) >= 11 is 0. The molecule has 0 fully saturated rings. The topological polar surface area (TPSA) is 8.17 Å². The molecule has 1 aromatic heterocycles. The zero-order valence-electron chi connectivity index (χ0n) is 28.5. The summed E-state index contributed by atoms with van der Waals surface area (Å²) < 4.78 is 2.42. The standard InChI is InChI=1S/C50H34N2/c1-3-15-43(16-4-1)51(45-26-23-37(24-27-45)40-21-19-35-11-7-9-13-38(35)31-40)46-28-30-48-47-29-25-42(41-22-20-36-12-8-10-14-39(36)32-41)33-49(47)52(50(48)34-46)44-17-5-2-6-18-44/h1-34H. The SMILES string of the molecule is c1ccc(N(c2ccc(-c3ccc4ccccc4c3)cc2)c2ccc3c4ccc(-c5ccc6ccccc6c5)cc4n(-c4ccccc4)c3c2)cc1. The van der Waals surface area contributed by atoms with Gasteiger partial charge in [-0.1, -0.05) is 140 Å². The van der Waals surface area contributed by atoms with Gasteiger partial charge in [-0.25, -0.2) is 0 Å². The van der Waals surface area contributed by atoms with Crippen LogP contribution >= 0.6 is 0 Å². The van der Waals surface area contributed by atoms with Gasteiger partial charge in [0.1, 0.15) is 0 Å². The highest BCUT2D eigenvalue weighted by molar-refractivity contribution is 6.11. The van der Waals surface area contributed by atoms with Gasteiger partial charge in [-0.15, -0.1) is 0 Å². The second-order valence-electron chi connectivity index (χ2n) is 13.4. The maximum Gasteiger partial charge on any atom is 0.0561 e. The smallest absolute Gasteiger partial charge is 0.0561 e. The zero-order valence-corrected chi connectivity index (χ0v) is 28.5. The van der Waals surface area contributed by atoms with Gasteiger partial charge in [0, 0.05) is 33.5 Å². The quantitative estimate of drug-likeness (QED) is 0.172. The maximum atomic E-state index is 2.42. The second-order valence-corrected chi connectivity index (χ2v) is 13.4. The average Bonchev–Trinajstić information content (AvgIpc) is 3.54. The minimum Gasteiger partial charge on any atom is -0.310 e. The van der Waals surface area contributed by atoms with Gasteiger partial charge >= 0.3 is 0 Å². The molecule has 0 bridgehead atoms. The van der Waals surface area contributed by atoms with Crippen molar-refractivity contribution in [1.82, 2.24) is 4.57 Å². The lowest BCUT2D eigenvalue weighted by Crippen LogP contribution is -2.10. The summed E-state index contributed by atoms with van der Waals surface area (Å²) in [6, 6.07) is 74.8. The van der Waals surface area contributed by atoms with E-state index in [0.29, 0.717) is 0 Å². The van der Waals surface area contributed by atoms with Crippen LogP contribution < -0.4 is 4.90 Å². The van der Waals surface area contributed by atoms with Gasteiger partial charge in [-0.3, -0.25) is 0 Å². The normalized spacial score (nSPS) is 11.5. The monoisotopic (exact) mass is 662 g/mol. The van der Waals surface area contributed by atoms with E-state index in [9.17, 15) is 0 Å². The fourth-order valence-corrected chi connectivity index (χ4v) is 7.75. The number of fused-ring (bicyclic) bond motifs is 5. The van der Waals surface area contributed by atoms with Gasteiger partial charge in [-0.05, 0) is 111 Å². The molecule has 10 aromatic rings. The van der Waals surface area contributed by atoms with Crippen LogP contribution in [0.4, 0.5) is 17.1 Å². The molecule has 1 heterocycles. The van der Waals surface area contributed by atoms with Crippen molar-refractivity contribution < 1.29 is 0 Å². The zero-order chi connectivity index (χ0) is 34.4. The van der Waals surface area contributed by atoms with Gasteiger partial charge in [0.05, 0.1) is 11.0 Å². The highest BCUT2D eigenvalue weighted by Gasteiger charge is 2.18. The number of hydrogen-bond donors (Lipinski definition) is 0. The predicted octanol–water partition coefficient (Wildman–Crippen LogP) is 13.9. The molecular formula is C50H34N2. The number of anilines is 3. The van der Waals surface area contributed by atoms with Crippen molar-refractivity contribution in [1.29, 1.82) is 0 Å². The van der Waals surface area contributed by atoms with E-state index in [1.807, 2.05) is 0 Å². The lowest BCUT2D eigenvalue weighted by atomic mass is 10.00. The minimum atomic E-state index is 1.10. The first kappa shape index (κ1) is 30.0. The molecule has 2 nitrogen and oxygen atoms in total. The molecule has 0 radical (unpaired) electrons. The highest BCUT2D eigenvalue weighted by Crippen LogP contribution is 2.41. The molecule has 9 aromatic carbocycles. The highest BCUT2D eigenvalue weighted by atomic mass is 15.1. The number of benzene rings is 9. The Balaban J connectivity index is 1.13. The molecule has 0 aliphatic rings. The Hall–Kier alpha value is -6.90. The lowest BCUT2D eigenvalue weighted by Gasteiger charge is -2.26.